The molecule has 0 aromatic heterocycles. The molecular formula is C49H83N15O13. The first-order valence-electron chi connectivity index (χ1n) is 25.9. The molecule has 77 heavy (non-hydrogen) atoms. The third-order valence-corrected chi connectivity index (χ3v) is 12.1. The van der Waals surface area contributed by atoms with Crippen LogP contribution in [-0.2, 0) is 54.4 Å². The van der Waals surface area contributed by atoms with Crippen molar-refractivity contribution in [3.63, 3.8) is 0 Å². The molecule has 0 heterocycles. The maximum absolute atomic E-state index is 14.3. The van der Waals surface area contributed by atoms with Crippen molar-refractivity contribution in [1.82, 2.24) is 42.5 Å². The first kappa shape index (κ1) is 67.5. The molecule has 9 amide bonds. The van der Waals surface area contributed by atoms with Crippen LogP contribution in [0.2, 0.25) is 0 Å². The third kappa shape index (κ3) is 26.2. The highest BCUT2D eigenvalue weighted by atomic mass is 16.6. The number of hydrogen-bond donors (Lipinski definition) is 14. The number of primary amides is 1. The Bertz CT molecular complexity index is 2180. The zero-order valence-electron chi connectivity index (χ0n) is 45.0. The normalized spacial score (nSPS) is 14.5. The van der Waals surface area contributed by atoms with Crippen LogP contribution in [0.3, 0.4) is 0 Å². The maximum atomic E-state index is 14.3. The van der Waals surface area contributed by atoms with Gasteiger partial charge < -0.3 is 76.3 Å². The Kier molecular flexibility index (Phi) is 31.3. The molecule has 0 aliphatic rings. The molecule has 0 fully saturated rings. The van der Waals surface area contributed by atoms with Crippen LogP contribution in [0.1, 0.15) is 131 Å². The van der Waals surface area contributed by atoms with Crippen LogP contribution in [0.25, 0.3) is 0 Å². The number of nitrogens with one attached hydrogen (secondary N) is 8. The van der Waals surface area contributed by atoms with Crippen molar-refractivity contribution >= 4 is 70.8 Å². The molecular weight excluding hydrogens is 1010 g/mol. The molecule has 0 aliphatic heterocycles. The first-order chi connectivity index (χ1) is 36.3. The van der Waals surface area contributed by atoms with Gasteiger partial charge in [-0.25, -0.2) is 0 Å². The third-order valence-electron chi connectivity index (χ3n) is 12.1. The van der Waals surface area contributed by atoms with E-state index in [2.05, 4.69) is 47.5 Å². The Balaban J connectivity index is 3.56. The minimum Gasteiger partial charge on any atom is -0.481 e. The van der Waals surface area contributed by atoms with Crippen molar-refractivity contribution in [1.29, 1.82) is 0 Å². The van der Waals surface area contributed by atoms with E-state index in [1.165, 1.54) is 38.1 Å². The second-order valence-corrected chi connectivity index (χ2v) is 19.1. The summed E-state index contributed by atoms with van der Waals surface area (Å²) in [5.41, 5.74) is 27.9. The Hall–Kier alpha value is -7.49. The number of benzene rings is 1. The summed E-state index contributed by atoms with van der Waals surface area (Å²) in [4.78, 5) is 148. The average Bonchev–Trinajstić information content (AvgIpc) is 3.36. The van der Waals surface area contributed by atoms with Crippen molar-refractivity contribution in [2.45, 2.75) is 186 Å². The van der Waals surface area contributed by atoms with Crippen LogP contribution in [0.5, 0.6) is 0 Å². The molecule has 0 saturated carbocycles. The Morgan fingerprint density at radius 2 is 1.03 bits per heavy atom. The van der Waals surface area contributed by atoms with Gasteiger partial charge in [-0.15, -0.1) is 0 Å². The monoisotopic (exact) mass is 1090 g/mol. The van der Waals surface area contributed by atoms with Gasteiger partial charge in [0, 0.05) is 31.5 Å². The first-order valence-corrected chi connectivity index (χ1v) is 25.9. The molecule has 432 valence electrons. The quantitative estimate of drug-likeness (QED) is 0.0111. The summed E-state index contributed by atoms with van der Waals surface area (Å²) in [6.45, 7) is 10.1. The zero-order chi connectivity index (χ0) is 58.4. The van der Waals surface area contributed by atoms with E-state index in [0.717, 1.165) is 0 Å². The van der Waals surface area contributed by atoms with Crippen LogP contribution < -0.4 is 71.2 Å². The largest absolute Gasteiger partial charge is 0.481 e. The van der Waals surface area contributed by atoms with Gasteiger partial charge >= 0.3 is 5.97 Å². The van der Waals surface area contributed by atoms with E-state index in [-0.39, 0.29) is 50.3 Å². The number of unbranched alkanes of at least 4 members (excludes halogenated alkanes) is 3. The molecule has 0 bridgehead atoms. The summed E-state index contributed by atoms with van der Waals surface area (Å²) in [7, 11) is 0. The molecule has 0 saturated heterocycles. The molecule has 0 radical (unpaired) electrons. The van der Waals surface area contributed by atoms with Gasteiger partial charge in [-0.1, -0.05) is 71.9 Å². The zero-order valence-corrected chi connectivity index (χ0v) is 45.0. The lowest BCUT2D eigenvalue weighted by atomic mass is 10.00. The molecule has 9 unspecified atom stereocenters. The second-order valence-electron chi connectivity index (χ2n) is 19.1. The van der Waals surface area contributed by atoms with Crippen LogP contribution >= 0.6 is 0 Å². The number of carbonyl (C=O) groups is 10. The van der Waals surface area contributed by atoms with Crippen molar-refractivity contribution < 1.29 is 58.0 Å². The number of nitro groups is 1. The van der Waals surface area contributed by atoms with Crippen molar-refractivity contribution in [2.75, 3.05) is 13.1 Å². The SMILES string of the molecule is CCCCC(NC(=O)C(C)NC(=O)C(CCC(=O)O)NC(=O)C(Cc1ccc([N+](=O)[O-])cc1)NC(=O)C(CCCC)NC(=O)C(NC(=O)C(CCCN=C(N)N)NC(=O)C(C)NC(=O)C(N)CCCCN)C(C)C)C(N)=O. The van der Waals surface area contributed by atoms with Gasteiger partial charge in [0.2, 0.25) is 53.2 Å². The number of aliphatic carboxylic acids is 1. The molecule has 0 aliphatic carbocycles. The number of guanidine groups is 1. The molecule has 9 atom stereocenters. The Morgan fingerprint density at radius 1 is 0.571 bits per heavy atom. The topological polar surface area (TPSA) is 473 Å². The average molecular weight is 1090 g/mol. The lowest BCUT2D eigenvalue weighted by molar-refractivity contribution is -0.384. The summed E-state index contributed by atoms with van der Waals surface area (Å²) in [5, 5.41) is 41.4. The molecule has 1 aromatic rings. The summed E-state index contributed by atoms with van der Waals surface area (Å²) >= 11 is 0. The van der Waals surface area contributed by atoms with Gasteiger partial charge in [0.25, 0.3) is 5.69 Å². The summed E-state index contributed by atoms with van der Waals surface area (Å²) in [6, 6.07) is -6.57. The van der Waals surface area contributed by atoms with Gasteiger partial charge in [0.1, 0.15) is 48.3 Å². The van der Waals surface area contributed by atoms with Crippen LogP contribution in [0.4, 0.5) is 5.69 Å². The highest BCUT2D eigenvalue weighted by Gasteiger charge is 2.35. The van der Waals surface area contributed by atoms with E-state index < -0.39 is 137 Å². The molecule has 0 spiro atoms. The number of aliphatic imine (C=N–C) groups is 1. The lowest BCUT2D eigenvalue weighted by Crippen LogP contribution is -2.61. The number of amides is 9. The van der Waals surface area contributed by atoms with E-state index in [1.807, 2.05) is 13.8 Å². The molecule has 19 N–H and O–H groups in total. The number of hydrogen-bond acceptors (Lipinski definition) is 15. The van der Waals surface area contributed by atoms with Crippen molar-refractivity contribution in [3.8, 4) is 0 Å². The Morgan fingerprint density at radius 3 is 1.53 bits per heavy atom. The van der Waals surface area contributed by atoms with Crippen molar-refractivity contribution in [2.24, 2.45) is 39.6 Å². The van der Waals surface area contributed by atoms with E-state index in [1.54, 1.807) is 13.8 Å². The van der Waals surface area contributed by atoms with Gasteiger partial charge in [0.15, 0.2) is 5.96 Å². The van der Waals surface area contributed by atoms with Crippen LogP contribution in [0, 0.1) is 16.0 Å². The lowest BCUT2D eigenvalue weighted by Gasteiger charge is -2.29. The number of non-ortho nitro benzene ring substituents is 1. The van der Waals surface area contributed by atoms with E-state index in [4.69, 9.17) is 28.7 Å². The number of nitrogens with two attached hydrogens (primary N) is 5. The van der Waals surface area contributed by atoms with E-state index >= 15 is 0 Å². The number of nitro benzene ring substituents is 1. The number of carboxylic acids is 1. The standard InChI is InChI=1S/C49H83N15O13/c1-7-9-15-33(40(52)67)58-41(68)29(6)57-44(71)36(22-23-38(65)66)60-47(74)37(26-30-18-20-31(21-19-30)64(76)77)62-45(72)34(16-10-8-2)61-48(75)39(27(3)4)63-46(73)35(17-13-25-55-49(53)54)59-42(69)28(5)56-43(70)32(51)14-11-12-24-50/h18-21,27-29,32-37,39H,7-17,22-26,50-51H2,1-6H3,(H2,52,67)(H,56,70)(H,57,71)(H,58,68)(H,59,69)(H,60,74)(H,61,75)(H,62,72)(H,63,73)(H,65,66)(H4,53,54,55). The minimum absolute atomic E-state index is 0.0150. The predicted octanol–water partition coefficient (Wildman–Crippen LogP) is -2.05. The van der Waals surface area contributed by atoms with E-state index in [0.29, 0.717) is 57.1 Å². The second kappa shape index (κ2) is 35.7. The summed E-state index contributed by atoms with van der Waals surface area (Å²) < 4.78 is 0. The van der Waals surface area contributed by atoms with Crippen LogP contribution in [0.15, 0.2) is 29.3 Å². The fourth-order valence-corrected chi connectivity index (χ4v) is 7.47. The molecule has 1 rings (SSSR count). The molecule has 28 heteroatoms. The maximum Gasteiger partial charge on any atom is 0.303 e. The number of rotatable bonds is 38. The molecule has 28 nitrogen and oxygen atoms in total. The van der Waals surface area contributed by atoms with Gasteiger partial charge in [-0.3, -0.25) is 63.1 Å². The van der Waals surface area contributed by atoms with Gasteiger partial charge in [0.05, 0.1) is 11.0 Å². The number of carboxylic acid groups (broad SMARTS) is 1. The fourth-order valence-electron chi connectivity index (χ4n) is 7.47. The van der Waals surface area contributed by atoms with Gasteiger partial charge in [-0.05, 0) is 76.8 Å². The van der Waals surface area contributed by atoms with E-state index in [9.17, 15) is 63.2 Å². The minimum atomic E-state index is -1.61. The van der Waals surface area contributed by atoms with Crippen molar-refractivity contribution in [3.05, 3.63) is 39.9 Å². The smallest absolute Gasteiger partial charge is 0.303 e. The highest BCUT2D eigenvalue weighted by Crippen LogP contribution is 2.15. The predicted molar refractivity (Wildman–Crippen MR) is 284 cm³/mol. The highest BCUT2D eigenvalue weighted by molar-refractivity contribution is 5.98. The Labute approximate surface area is 448 Å². The fraction of sp³-hybridized carbons (Fsp3) is 0.653. The van der Waals surface area contributed by atoms with Gasteiger partial charge in [-0.2, -0.15) is 0 Å². The van der Waals surface area contributed by atoms with Crippen LogP contribution in [-0.4, -0.2) is 143 Å². The summed E-state index contributed by atoms with van der Waals surface area (Å²) in [5.74, 6) is -9.63. The molecule has 1 aromatic carbocycles. The number of nitrogens with zero attached hydrogens (tertiary/aromatic N) is 2. The summed E-state index contributed by atoms with van der Waals surface area (Å²) in [6.07, 6.45) is 2.68. The number of carbonyl (C=O) groups excluding carboxylic acids is 9.